The van der Waals surface area contributed by atoms with E-state index in [0.29, 0.717) is 14.9 Å². The summed E-state index contributed by atoms with van der Waals surface area (Å²) in [5.41, 5.74) is -2.40. The quantitative estimate of drug-likeness (QED) is 0.667. The zero-order valence-corrected chi connectivity index (χ0v) is 16.6. The van der Waals surface area contributed by atoms with Crippen molar-refractivity contribution in [2.75, 3.05) is 11.9 Å². The van der Waals surface area contributed by atoms with E-state index >= 15 is 0 Å². The number of rotatable bonds is 4. The summed E-state index contributed by atoms with van der Waals surface area (Å²) >= 11 is 3.32. The molecule has 0 radical (unpaired) electrons. The van der Waals surface area contributed by atoms with Crippen LogP contribution >= 0.6 is 15.9 Å². The van der Waals surface area contributed by atoms with Crippen LogP contribution in [0.4, 0.5) is 23.7 Å². The second kappa shape index (κ2) is 7.51. The van der Waals surface area contributed by atoms with Gasteiger partial charge < -0.3 is 10.6 Å². The van der Waals surface area contributed by atoms with Gasteiger partial charge in [0.25, 0.3) is 5.91 Å². The van der Waals surface area contributed by atoms with E-state index in [1.807, 2.05) is 0 Å². The fraction of sp³-hybridized carbons (Fsp3) is 0.211. The molecule has 1 saturated heterocycles. The fourth-order valence-electron chi connectivity index (χ4n) is 3.06. The number of benzene rings is 2. The molecule has 0 aromatic heterocycles. The number of carbonyl (C=O) groups excluding carboxylic acids is 3. The minimum absolute atomic E-state index is 0.453. The summed E-state index contributed by atoms with van der Waals surface area (Å²) in [5.74, 6) is -1.62. The second-order valence-corrected chi connectivity index (χ2v) is 7.37. The largest absolute Gasteiger partial charge is 0.418 e. The lowest BCUT2D eigenvalue weighted by Gasteiger charge is -2.23. The summed E-state index contributed by atoms with van der Waals surface area (Å²) in [7, 11) is 0. The highest BCUT2D eigenvalue weighted by atomic mass is 79.9. The molecule has 3 rings (SSSR count). The van der Waals surface area contributed by atoms with Crippen LogP contribution in [0, 0.1) is 0 Å². The molecule has 10 heteroatoms. The molecule has 1 aliphatic rings. The Hall–Kier alpha value is -2.88. The molecule has 6 nitrogen and oxygen atoms in total. The van der Waals surface area contributed by atoms with E-state index in [1.54, 1.807) is 24.3 Å². The number of nitrogens with zero attached hydrogens (tertiary/aromatic N) is 1. The molecule has 1 heterocycles. The predicted octanol–water partition coefficient (Wildman–Crippen LogP) is 3.87. The molecule has 0 spiro atoms. The maximum Gasteiger partial charge on any atom is 0.418 e. The zero-order chi connectivity index (χ0) is 21.4. The number of carbonyl (C=O) groups is 3. The Kier molecular flexibility index (Phi) is 5.40. The highest BCUT2D eigenvalue weighted by molar-refractivity contribution is 9.10. The lowest BCUT2D eigenvalue weighted by Crippen LogP contribution is -2.42. The summed E-state index contributed by atoms with van der Waals surface area (Å²) in [6, 6.07) is 10.4. The van der Waals surface area contributed by atoms with Crippen LogP contribution in [0.25, 0.3) is 0 Å². The van der Waals surface area contributed by atoms with E-state index in [0.717, 1.165) is 12.1 Å². The van der Waals surface area contributed by atoms with Gasteiger partial charge in [-0.25, -0.2) is 4.79 Å². The van der Waals surface area contributed by atoms with Crippen molar-refractivity contribution in [3.05, 3.63) is 64.1 Å². The number of nitrogens with one attached hydrogen (secondary N) is 2. The summed E-state index contributed by atoms with van der Waals surface area (Å²) in [6.07, 6.45) is -4.66. The van der Waals surface area contributed by atoms with Gasteiger partial charge >= 0.3 is 12.2 Å². The lowest BCUT2D eigenvalue weighted by atomic mass is 9.92. The predicted molar refractivity (Wildman–Crippen MR) is 102 cm³/mol. The second-order valence-electron chi connectivity index (χ2n) is 6.52. The van der Waals surface area contributed by atoms with Crippen molar-refractivity contribution in [3.8, 4) is 0 Å². The summed E-state index contributed by atoms with van der Waals surface area (Å²) < 4.78 is 39.8. The maximum absolute atomic E-state index is 13.1. The van der Waals surface area contributed by atoms with E-state index in [9.17, 15) is 27.6 Å². The number of amides is 4. The van der Waals surface area contributed by atoms with Gasteiger partial charge in [-0.05, 0) is 25.1 Å². The molecule has 29 heavy (non-hydrogen) atoms. The van der Waals surface area contributed by atoms with Crippen LogP contribution in [0.2, 0.25) is 0 Å². The molecule has 1 fully saturated rings. The molecule has 0 aliphatic carbocycles. The lowest BCUT2D eigenvalue weighted by molar-refractivity contribution is -0.137. The molecule has 2 N–H and O–H groups in total. The number of urea groups is 1. The molecule has 0 saturated carbocycles. The third-order valence-electron chi connectivity index (χ3n) is 4.50. The first-order valence-electron chi connectivity index (χ1n) is 8.39. The Morgan fingerprint density at radius 3 is 2.41 bits per heavy atom. The molecule has 2 aromatic rings. The highest BCUT2D eigenvalue weighted by Crippen LogP contribution is 2.35. The van der Waals surface area contributed by atoms with E-state index in [1.165, 1.54) is 19.1 Å². The Balaban J connectivity index is 1.80. The first kappa shape index (κ1) is 20.8. The number of anilines is 1. The van der Waals surface area contributed by atoms with Gasteiger partial charge in [-0.3, -0.25) is 14.5 Å². The Morgan fingerprint density at radius 1 is 1.14 bits per heavy atom. The van der Waals surface area contributed by atoms with Crippen molar-refractivity contribution in [2.45, 2.75) is 18.6 Å². The third kappa shape index (κ3) is 3.98. The van der Waals surface area contributed by atoms with E-state index in [4.69, 9.17) is 0 Å². The molecule has 0 unspecified atom stereocenters. The third-order valence-corrected chi connectivity index (χ3v) is 5.19. The molecule has 1 aliphatic heterocycles. The van der Waals surface area contributed by atoms with Crippen molar-refractivity contribution in [3.63, 3.8) is 0 Å². The van der Waals surface area contributed by atoms with Crippen LogP contribution in [0.1, 0.15) is 18.1 Å². The van der Waals surface area contributed by atoms with Crippen LogP contribution in [0.5, 0.6) is 0 Å². The monoisotopic (exact) mass is 469 g/mol. The van der Waals surface area contributed by atoms with Crippen molar-refractivity contribution >= 4 is 39.5 Å². The molecule has 1 atom stereocenters. The molecule has 152 valence electrons. The van der Waals surface area contributed by atoms with E-state index < -0.39 is 47.4 Å². The first-order valence-corrected chi connectivity index (χ1v) is 9.18. The van der Waals surface area contributed by atoms with Crippen LogP contribution in [-0.4, -0.2) is 29.3 Å². The number of para-hydroxylation sites is 1. The minimum atomic E-state index is -4.66. The number of hydrogen-bond acceptors (Lipinski definition) is 3. The number of alkyl halides is 3. The minimum Gasteiger partial charge on any atom is -0.324 e. The molecule has 2 aromatic carbocycles. The highest BCUT2D eigenvalue weighted by Gasteiger charge is 2.50. The van der Waals surface area contributed by atoms with Crippen LogP contribution < -0.4 is 10.6 Å². The van der Waals surface area contributed by atoms with Crippen LogP contribution in [-0.2, 0) is 21.3 Å². The Labute approximate surface area is 172 Å². The van der Waals surface area contributed by atoms with Crippen molar-refractivity contribution < 1.29 is 27.6 Å². The topological polar surface area (TPSA) is 78.5 Å². The van der Waals surface area contributed by atoms with Crippen molar-refractivity contribution in [1.82, 2.24) is 10.2 Å². The number of hydrogen-bond donors (Lipinski definition) is 2. The van der Waals surface area contributed by atoms with Gasteiger partial charge in [0.2, 0.25) is 5.91 Å². The van der Waals surface area contributed by atoms with Crippen LogP contribution in [0.3, 0.4) is 0 Å². The fourth-order valence-corrected chi connectivity index (χ4v) is 3.74. The summed E-state index contributed by atoms with van der Waals surface area (Å²) in [5, 5.41) is 4.66. The van der Waals surface area contributed by atoms with Gasteiger partial charge in [0.15, 0.2) is 0 Å². The van der Waals surface area contributed by atoms with E-state index in [-0.39, 0.29) is 0 Å². The summed E-state index contributed by atoms with van der Waals surface area (Å²) in [4.78, 5) is 38.1. The van der Waals surface area contributed by atoms with Gasteiger partial charge in [-0.1, -0.05) is 46.3 Å². The molecule has 4 amide bonds. The first-order chi connectivity index (χ1) is 13.5. The average molecular weight is 470 g/mol. The number of halogens is 4. The smallest absolute Gasteiger partial charge is 0.324 e. The Bertz CT molecular complexity index is 996. The molecular formula is C19H15BrF3N3O3. The van der Waals surface area contributed by atoms with Gasteiger partial charge in [-0.2, -0.15) is 13.2 Å². The Morgan fingerprint density at radius 2 is 1.76 bits per heavy atom. The van der Waals surface area contributed by atoms with Crippen LogP contribution in [0.15, 0.2) is 53.0 Å². The normalized spacial score (nSPS) is 19.3. The standard InChI is InChI=1S/C19H15BrF3N3O3/c1-18(11-6-2-4-8-13(11)20)16(28)26(17(29)25-18)10-15(27)24-14-9-5-3-7-12(14)19(21,22)23/h2-9H,10H2,1H3,(H,24,27)(H,25,29)/t18-/m0/s1. The summed E-state index contributed by atoms with van der Waals surface area (Å²) in [6.45, 7) is 0.765. The van der Waals surface area contributed by atoms with Gasteiger partial charge in [0.1, 0.15) is 12.1 Å². The molecule has 0 bridgehead atoms. The number of imide groups is 1. The SMILES string of the molecule is C[C@@]1(c2ccccc2Br)NC(=O)N(CC(=O)Nc2ccccc2C(F)(F)F)C1=O. The van der Waals surface area contributed by atoms with Gasteiger partial charge in [0.05, 0.1) is 11.3 Å². The zero-order valence-electron chi connectivity index (χ0n) is 15.0. The van der Waals surface area contributed by atoms with Crippen molar-refractivity contribution in [2.24, 2.45) is 0 Å². The average Bonchev–Trinajstić information content (AvgIpc) is 2.85. The van der Waals surface area contributed by atoms with Crippen molar-refractivity contribution in [1.29, 1.82) is 0 Å². The van der Waals surface area contributed by atoms with E-state index in [2.05, 4.69) is 26.6 Å². The van der Waals surface area contributed by atoms with Gasteiger partial charge in [0, 0.05) is 10.0 Å². The molecular weight excluding hydrogens is 455 g/mol. The maximum atomic E-state index is 13.1. The van der Waals surface area contributed by atoms with Gasteiger partial charge in [-0.15, -0.1) is 0 Å².